The fourth-order valence-electron chi connectivity index (χ4n) is 1.88. The molecule has 6 heteroatoms. The molecule has 3 amide bonds. The predicted octanol–water partition coefficient (Wildman–Crippen LogP) is 1.01. The van der Waals surface area contributed by atoms with Crippen LogP contribution in [0.1, 0.15) is 26.3 Å². The average molecular weight is 307 g/mol. The van der Waals surface area contributed by atoms with Crippen LogP contribution in [0.15, 0.2) is 30.3 Å². The largest absolute Gasteiger partial charge is 0.394 e. The summed E-state index contributed by atoms with van der Waals surface area (Å²) in [5.41, 5.74) is 0.983. The van der Waals surface area contributed by atoms with Crippen LogP contribution in [-0.4, -0.2) is 35.7 Å². The molecule has 0 saturated carbocycles. The van der Waals surface area contributed by atoms with E-state index in [1.807, 2.05) is 44.2 Å². The Morgan fingerprint density at radius 1 is 1.09 bits per heavy atom. The van der Waals surface area contributed by atoms with Crippen LogP contribution in [-0.2, 0) is 11.3 Å². The van der Waals surface area contributed by atoms with Crippen molar-refractivity contribution in [2.75, 3.05) is 6.61 Å². The van der Waals surface area contributed by atoms with E-state index in [-0.39, 0.29) is 24.5 Å². The first-order valence-electron chi connectivity index (χ1n) is 7.43. The van der Waals surface area contributed by atoms with Crippen LogP contribution in [0.5, 0.6) is 0 Å². The van der Waals surface area contributed by atoms with Crippen LogP contribution in [0.3, 0.4) is 0 Å². The Bertz CT molecular complexity index is 477. The first-order chi connectivity index (χ1) is 10.4. The maximum Gasteiger partial charge on any atom is 0.315 e. The van der Waals surface area contributed by atoms with Crippen LogP contribution in [0.2, 0.25) is 0 Å². The zero-order valence-corrected chi connectivity index (χ0v) is 13.3. The highest BCUT2D eigenvalue weighted by Gasteiger charge is 2.24. The van der Waals surface area contributed by atoms with Gasteiger partial charge >= 0.3 is 6.03 Å². The quantitative estimate of drug-likeness (QED) is 0.606. The van der Waals surface area contributed by atoms with E-state index in [9.17, 15) is 9.59 Å². The molecule has 0 saturated heterocycles. The van der Waals surface area contributed by atoms with Crippen LogP contribution in [0, 0.1) is 5.92 Å². The Labute approximate surface area is 131 Å². The molecule has 0 aliphatic carbocycles. The van der Waals surface area contributed by atoms with Gasteiger partial charge in [0.15, 0.2) is 0 Å². The number of carbonyl (C=O) groups is 2. The highest BCUT2D eigenvalue weighted by Crippen LogP contribution is 2.03. The van der Waals surface area contributed by atoms with Crippen molar-refractivity contribution in [2.45, 2.75) is 39.4 Å². The molecule has 0 aliphatic heterocycles. The molecular weight excluding hydrogens is 282 g/mol. The van der Waals surface area contributed by atoms with Gasteiger partial charge in [-0.05, 0) is 18.4 Å². The minimum absolute atomic E-state index is 0.0617. The Balaban J connectivity index is 2.51. The van der Waals surface area contributed by atoms with Crippen molar-refractivity contribution in [2.24, 2.45) is 5.92 Å². The summed E-state index contributed by atoms with van der Waals surface area (Å²) < 4.78 is 0. The monoisotopic (exact) mass is 307 g/mol. The molecule has 2 atom stereocenters. The van der Waals surface area contributed by atoms with Gasteiger partial charge in [-0.25, -0.2) is 4.79 Å². The highest BCUT2D eigenvalue weighted by atomic mass is 16.3. The van der Waals surface area contributed by atoms with Gasteiger partial charge in [-0.1, -0.05) is 44.2 Å². The molecular formula is C16H25N3O3. The van der Waals surface area contributed by atoms with Gasteiger partial charge in [-0.2, -0.15) is 0 Å². The summed E-state index contributed by atoms with van der Waals surface area (Å²) in [6, 6.07) is 8.14. The lowest BCUT2D eigenvalue weighted by molar-refractivity contribution is -0.124. The zero-order valence-electron chi connectivity index (χ0n) is 13.3. The lowest BCUT2D eigenvalue weighted by Crippen LogP contribution is -2.54. The second kappa shape index (κ2) is 9.04. The number of benzene rings is 1. The van der Waals surface area contributed by atoms with Crippen molar-refractivity contribution in [1.82, 2.24) is 16.0 Å². The number of aliphatic hydroxyl groups excluding tert-OH is 1. The maximum atomic E-state index is 12.1. The fraction of sp³-hybridized carbons (Fsp3) is 0.500. The van der Waals surface area contributed by atoms with Crippen molar-refractivity contribution in [1.29, 1.82) is 0 Å². The van der Waals surface area contributed by atoms with Gasteiger partial charge in [-0.3, -0.25) is 4.79 Å². The molecule has 22 heavy (non-hydrogen) atoms. The van der Waals surface area contributed by atoms with E-state index in [4.69, 9.17) is 5.11 Å². The summed E-state index contributed by atoms with van der Waals surface area (Å²) in [7, 11) is 0. The smallest absolute Gasteiger partial charge is 0.315 e. The summed E-state index contributed by atoms with van der Waals surface area (Å²) in [4.78, 5) is 24.0. The first-order valence-corrected chi connectivity index (χ1v) is 7.43. The SMILES string of the molecule is CC(CO)NC(=O)C(NC(=O)NCc1ccccc1)C(C)C. The van der Waals surface area contributed by atoms with E-state index in [1.165, 1.54) is 0 Å². The Kier molecular flexibility index (Phi) is 7.39. The number of urea groups is 1. The summed E-state index contributed by atoms with van der Waals surface area (Å²) in [5, 5.41) is 17.0. The third-order valence-electron chi connectivity index (χ3n) is 3.19. The molecule has 0 aliphatic rings. The number of hydrogen-bond donors (Lipinski definition) is 4. The van der Waals surface area contributed by atoms with E-state index in [0.717, 1.165) is 5.56 Å². The van der Waals surface area contributed by atoms with Crippen molar-refractivity contribution < 1.29 is 14.7 Å². The molecule has 0 radical (unpaired) electrons. The molecule has 0 bridgehead atoms. The van der Waals surface area contributed by atoms with Crippen molar-refractivity contribution in [3.8, 4) is 0 Å². The Morgan fingerprint density at radius 3 is 2.27 bits per heavy atom. The molecule has 0 heterocycles. The molecule has 4 N–H and O–H groups in total. The number of carbonyl (C=O) groups excluding carboxylic acids is 2. The fourth-order valence-corrected chi connectivity index (χ4v) is 1.88. The van der Waals surface area contributed by atoms with Gasteiger partial charge in [0.1, 0.15) is 6.04 Å². The van der Waals surface area contributed by atoms with Crippen molar-refractivity contribution in [3.05, 3.63) is 35.9 Å². The van der Waals surface area contributed by atoms with E-state index in [0.29, 0.717) is 6.54 Å². The van der Waals surface area contributed by atoms with Gasteiger partial charge in [-0.15, -0.1) is 0 Å². The highest BCUT2D eigenvalue weighted by molar-refractivity contribution is 5.87. The maximum absolute atomic E-state index is 12.1. The van der Waals surface area contributed by atoms with Gasteiger partial charge < -0.3 is 21.1 Å². The lowest BCUT2D eigenvalue weighted by Gasteiger charge is -2.23. The molecule has 2 unspecified atom stereocenters. The van der Waals surface area contributed by atoms with Gasteiger partial charge in [0.2, 0.25) is 5.91 Å². The van der Waals surface area contributed by atoms with Gasteiger partial charge in [0.05, 0.1) is 6.61 Å². The summed E-state index contributed by atoms with van der Waals surface area (Å²) >= 11 is 0. The Morgan fingerprint density at radius 2 is 1.73 bits per heavy atom. The molecule has 1 rings (SSSR count). The second-order valence-corrected chi connectivity index (χ2v) is 5.63. The molecule has 0 spiro atoms. The van der Waals surface area contributed by atoms with Crippen LogP contribution < -0.4 is 16.0 Å². The molecule has 0 aromatic heterocycles. The molecule has 1 aromatic rings. The predicted molar refractivity (Wildman–Crippen MR) is 85.1 cm³/mol. The molecule has 122 valence electrons. The third kappa shape index (κ3) is 6.13. The summed E-state index contributed by atoms with van der Waals surface area (Å²) in [6.45, 7) is 5.66. The minimum Gasteiger partial charge on any atom is -0.394 e. The van der Waals surface area contributed by atoms with Gasteiger partial charge in [0, 0.05) is 12.6 Å². The normalized spacial score (nSPS) is 13.3. The van der Waals surface area contributed by atoms with E-state index < -0.39 is 12.1 Å². The molecule has 0 fully saturated rings. The van der Waals surface area contributed by atoms with E-state index >= 15 is 0 Å². The van der Waals surface area contributed by atoms with Crippen molar-refractivity contribution >= 4 is 11.9 Å². The summed E-state index contributed by atoms with van der Waals surface area (Å²) in [5.74, 6) is -0.361. The molecule has 6 nitrogen and oxygen atoms in total. The van der Waals surface area contributed by atoms with Crippen LogP contribution in [0.4, 0.5) is 4.79 Å². The number of hydrogen-bond acceptors (Lipinski definition) is 3. The number of aliphatic hydroxyl groups is 1. The number of rotatable bonds is 7. The number of amides is 3. The van der Waals surface area contributed by atoms with Crippen LogP contribution in [0.25, 0.3) is 0 Å². The van der Waals surface area contributed by atoms with Crippen molar-refractivity contribution in [3.63, 3.8) is 0 Å². The summed E-state index contributed by atoms with van der Waals surface area (Å²) in [6.07, 6.45) is 0. The Hall–Kier alpha value is -2.08. The first kappa shape index (κ1) is 18.0. The third-order valence-corrected chi connectivity index (χ3v) is 3.19. The van der Waals surface area contributed by atoms with E-state index in [2.05, 4.69) is 16.0 Å². The minimum atomic E-state index is -0.648. The number of nitrogens with one attached hydrogen (secondary N) is 3. The zero-order chi connectivity index (χ0) is 16.5. The topological polar surface area (TPSA) is 90.5 Å². The standard InChI is InChI=1S/C16H25N3O3/c1-11(2)14(15(21)18-12(3)10-20)19-16(22)17-9-13-7-5-4-6-8-13/h4-8,11-12,14,20H,9-10H2,1-3H3,(H,18,21)(H2,17,19,22). The second-order valence-electron chi connectivity index (χ2n) is 5.63. The van der Waals surface area contributed by atoms with E-state index in [1.54, 1.807) is 6.92 Å². The average Bonchev–Trinajstić information content (AvgIpc) is 2.51. The van der Waals surface area contributed by atoms with Gasteiger partial charge in [0.25, 0.3) is 0 Å². The lowest BCUT2D eigenvalue weighted by atomic mass is 10.0. The molecule has 1 aromatic carbocycles. The van der Waals surface area contributed by atoms with Crippen LogP contribution >= 0.6 is 0 Å².